The Balaban J connectivity index is 2.56. The van der Waals surface area contributed by atoms with E-state index in [1.807, 2.05) is 35.2 Å². The van der Waals surface area contributed by atoms with E-state index in [-0.39, 0.29) is 17.9 Å². The van der Waals surface area contributed by atoms with Crippen molar-refractivity contribution in [3.63, 3.8) is 0 Å². The Morgan fingerprint density at radius 2 is 1.95 bits per heavy atom. The number of nitrogens with zero attached hydrogens (tertiary/aromatic N) is 1. The second-order valence-corrected chi connectivity index (χ2v) is 5.79. The van der Waals surface area contributed by atoms with E-state index < -0.39 is 0 Å². The molecule has 112 valence electrons. The minimum absolute atomic E-state index is 0.0113. The fourth-order valence-corrected chi connectivity index (χ4v) is 1.90. The van der Waals surface area contributed by atoms with Gasteiger partial charge in [-0.3, -0.25) is 4.79 Å². The lowest BCUT2D eigenvalue weighted by atomic mass is 9.93. The molecule has 0 aromatic heterocycles. The van der Waals surface area contributed by atoms with Crippen LogP contribution in [0.15, 0.2) is 30.3 Å². The monoisotopic (exact) mass is 278 g/mol. The summed E-state index contributed by atoms with van der Waals surface area (Å²) in [6.45, 7) is 8.23. The fraction of sp³-hybridized carbons (Fsp3) is 0.562. The topological polar surface area (TPSA) is 55.6 Å². The molecule has 2 N–H and O–H groups in total. The van der Waals surface area contributed by atoms with E-state index in [0.717, 1.165) is 18.7 Å². The van der Waals surface area contributed by atoms with Gasteiger partial charge in [-0.15, -0.1) is 0 Å². The zero-order valence-corrected chi connectivity index (χ0v) is 12.8. The quantitative estimate of drug-likeness (QED) is 0.793. The summed E-state index contributed by atoms with van der Waals surface area (Å²) in [7, 11) is 0. The van der Waals surface area contributed by atoms with Gasteiger partial charge in [-0.2, -0.15) is 0 Å². The maximum absolute atomic E-state index is 12.3. The van der Waals surface area contributed by atoms with Crippen LogP contribution in [0.4, 0.5) is 0 Å². The third-order valence-electron chi connectivity index (χ3n) is 3.12. The van der Waals surface area contributed by atoms with Gasteiger partial charge in [0.25, 0.3) is 5.91 Å². The summed E-state index contributed by atoms with van der Waals surface area (Å²) in [5.74, 6) is 0.729. The number of hydrogen-bond acceptors (Lipinski definition) is 3. The van der Waals surface area contributed by atoms with Gasteiger partial charge in [-0.25, -0.2) is 0 Å². The zero-order valence-electron chi connectivity index (χ0n) is 12.8. The Bertz CT molecular complexity index is 404. The molecule has 4 heteroatoms. The van der Waals surface area contributed by atoms with Crippen LogP contribution in [-0.2, 0) is 4.79 Å². The van der Waals surface area contributed by atoms with E-state index in [0.29, 0.717) is 13.1 Å². The molecule has 0 unspecified atom stereocenters. The van der Waals surface area contributed by atoms with Crippen molar-refractivity contribution in [3.05, 3.63) is 30.3 Å². The van der Waals surface area contributed by atoms with Crippen molar-refractivity contribution in [2.45, 2.75) is 27.2 Å². The third kappa shape index (κ3) is 5.61. The van der Waals surface area contributed by atoms with Gasteiger partial charge < -0.3 is 15.4 Å². The minimum atomic E-state index is -0.0718. The molecule has 0 radical (unpaired) electrons. The lowest BCUT2D eigenvalue weighted by Crippen LogP contribution is -2.44. The molecule has 0 saturated heterocycles. The Morgan fingerprint density at radius 3 is 2.50 bits per heavy atom. The zero-order chi connectivity index (χ0) is 15.0. The second kappa shape index (κ2) is 7.90. The molecule has 0 aliphatic rings. The number of benzene rings is 1. The van der Waals surface area contributed by atoms with Gasteiger partial charge in [0.2, 0.25) is 0 Å². The molecule has 20 heavy (non-hydrogen) atoms. The van der Waals surface area contributed by atoms with Gasteiger partial charge in [-0.05, 0) is 30.5 Å². The van der Waals surface area contributed by atoms with E-state index in [9.17, 15) is 4.79 Å². The van der Waals surface area contributed by atoms with Crippen LogP contribution in [0.25, 0.3) is 0 Å². The summed E-state index contributed by atoms with van der Waals surface area (Å²) in [5, 5.41) is 0. The molecule has 0 saturated carbocycles. The van der Waals surface area contributed by atoms with Crippen LogP contribution < -0.4 is 10.5 Å². The highest BCUT2D eigenvalue weighted by Crippen LogP contribution is 2.16. The highest BCUT2D eigenvalue weighted by Gasteiger charge is 2.23. The molecule has 0 bridgehead atoms. The van der Waals surface area contributed by atoms with Crippen LogP contribution in [0, 0.1) is 5.41 Å². The first-order valence-corrected chi connectivity index (χ1v) is 7.14. The van der Waals surface area contributed by atoms with Gasteiger partial charge in [0, 0.05) is 13.1 Å². The second-order valence-electron chi connectivity index (χ2n) is 5.79. The standard InChI is InChI=1S/C16H26N2O2/c1-4-10-18(13-16(2,3)12-17)15(19)11-20-14-8-6-5-7-9-14/h5-9H,4,10-13,17H2,1-3H3. The number of carbonyl (C=O) groups is 1. The van der Waals surface area contributed by atoms with Gasteiger partial charge in [0.1, 0.15) is 5.75 Å². The summed E-state index contributed by atoms with van der Waals surface area (Å²) < 4.78 is 5.52. The van der Waals surface area contributed by atoms with Crippen LogP contribution in [-0.4, -0.2) is 37.0 Å². The van der Waals surface area contributed by atoms with Gasteiger partial charge in [0.05, 0.1) is 0 Å². The molecule has 0 aliphatic heterocycles. The van der Waals surface area contributed by atoms with E-state index in [1.54, 1.807) is 0 Å². The van der Waals surface area contributed by atoms with Crippen LogP contribution in [0.5, 0.6) is 5.75 Å². The highest BCUT2D eigenvalue weighted by molar-refractivity contribution is 5.77. The molecule has 0 heterocycles. The predicted octanol–water partition coefficient (Wildman–Crippen LogP) is 2.29. The first-order valence-electron chi connectivity index (χ1n) is 7.14. The normalized spacial score (nSPS) is 11.2. The minimum Gasteiger partial charge on any atom is -0.484 e. The molecule has 1 aromatic rings. The number of ether oxygens (including phenoxy) is 1. The molecule has 4 nitrogen and oxygen atoms in total. The van der Waals surface area contributed by atoms with Crippen molar-refractivity contribution in [1.82, 2.24) is 4.90 Å². The molecule has 1 amide bonds. The predicted molar refractivity (Wildman–Crippen MR) is 81.6 cm³/mol. The third-order valence-corrected chi connectivity index (χ3v) is 3.12. The Kier molecular flexibility index (Phi) is 6.52. The van der Waals surface area contributed by atoms with Crippen LogP contribution in [0.3, 0.4) is 0 Å². The first kappa shape index (κ1) is 16.5. The van der Waals surface area contributed by atoms with E-state index >= 15 is 0 Å². The number of nitrogens with two attached hydrogens (primary N) is 1. The lowest BCUT2D eigenvalue weighted by Gasteiger charge is -2.31. The molecular weight excluding hydrogens is 252 g/mol. The summed E-state index contributed by atoms with van der Waals surface area (Å²) >= 11 is 0. The largest absolute Gasteiger partial charge is 0.484 e. The van der Waals surface area contributed by atoms with E-state index in [4.69, 9.17) is 10.5 Å². The highest BCUT2D eigenvalue weighted by atomic mass is 16.5. The maximum atomic E-state index is 12.3. The smallest absolute Gasteiger partial charge is 0.260 e. The van der Waals surface area contributed by atoms with E-state index in [2.05, 4.69) is 20.8 Å². The molecule has 0 aliphatic carbocycles. The van der Waals surface area contributed by atoms with Crippen molar-refractivity contribution in [2.24, 2.45) is 11.1 Å². The van der Waals surface area contributed by atoms with Crippen LogP contribution in [0.2, 0.25) is 0 Å². The molecule has 0 fully saturated rings. The number of rotatable bonds is 8. The average Bonchev–Trinajstić information content (AvgIpc) is 2.45. The molecule has 1 aromatic carbocycles. The van der Waals surface area contributed by atoms with Crippen molar-refractivity contribution in [3.8, 4) is 5.75 Å². The Labute approximate surface area is 121 Å². The van der Waals surface area contributed by atoms with Crippen LogP contribution in [0.1, 0.15) is 27.2 Å². The number of hydrogen-bond donors (Lipinski definition) is 1. The maximum Gasteiger partial charge on any atom is 0.260 e. The summed E-state index contributed by atoms with van der Waals surface area (Å²) in [4.78, 5) is 14.1. The van der Waals surface area contributed by atoms with Gasteiger partial charge in [-0.1, -0.05) is 39.0 Å². The fourth-order valence-electron chi connectivity index (χ4n) is 1.90. The van der Waals surface area contributed by atoms with Crippen molar-refractivity contribution in [1.29, 1.82) is 0 Å². The SMILES string of the molecule is CCCN(CC(C)(C)CN)C(=O)COc1ccccc1. The van der Waals surface area contributed by atoms with Crippen molar-refractivity contribution in [2.75, 3.05) is 26.2 Å². The number of carbonyl (C=O) groups excluding carboxylic acids is 1. The molecule has 0 spiro atoms. The van der Waals surface area contributed by atoms with Crippen molar-refractivity contribution >= 4 is 5.91 Å². The molecular formula is C16H26N2O2. The summed E-state index contributed by atoms with van der Waals surface area (Å²) in [6, 6.07) is 9.40. The summed E-state index contributed by atoms with van der Waals surface area (Å²) in [6.07, 6.45) is 0.928. The van der Waals surface area contributed by atoms with Gasteiger partial charge in [0.15, 0.2) is 6.61 Å². The van der Waals surface area contributed by atoms with Crippen molar-refractivity contribution < 1.29 is 9.53 Å². The van der Waals surface area contributed by atoms with Gasteiger partial charge >= 0.3 is 0 Å². The Hall–Kier alpha value is -1.55. The molecule has 1 rings (SSSR count). The molecule has 0 atom stereocenters. The summed E-state index contributed by atoms with van der Waals surface area (Å²) in [5.41, 5.74) is 5.67. The number of para-hydroxylation sites is 1. The van der Waals surface area contributed by atoms with Crippen LogP contribution >= 0.6 is 0 Å². The van der Waals surface area contributed by atoms with E-state index in [1.165, 1.54) is 0 Å². The Morgan fingerprint density at radius 1 is 1.30 bits per heavy atom. The lowest BCUT2D eigenvalue weighted by molar-refractivity contribution is -0.134. The first-order chi connectivity index (χ1) is 9.48. The number of amides is 1. The average molecular weight is 278 g/mol.